The second-order valence-corrected chi connectivity index (χ2v) is 6.79. The van der Waals surface area contributed by atoms with E-state index in [1.807, 2.05) is 37.3 Å². The molecule has 6 heteroatoms. The van der Waals surface area contributed by atoms with E-state index in [-0.39, 0.29) is 23.8 Å². The lowest BCUT2D eigenvalue weighted by Gasteiger charge is -2.36. The Balaban J connectivity index is 1.49. The highest BCUT2D eigenvalue weighted by Crippen LogP contribution is 2.28. The second-order valence-electron chi connectivity index (χ2n) is 6.79. The molecule has 4 rings (SSSR count). The number of hydrogen-bond acceptors (Lipinski definition) is 4. The molecule has 1 aromatic heterocycles. The lowest BCUT2D eigenvalue weighted by Crippen LogP contribution is -2.51. The maximum Gasteiger partial charge on any atom is 0.289 e. The van der Waals surface area contributed by atoms with Gasteiger partial charge in [-0.1, -0.05) is 18.2 Å². The Bertz CT molecular complexity index is 801. The first kappa shape index (κ1) is 16.8. The Labute approximate surface area is 152 Å². The van der Waals surface area contributed by atoms with Crippen LogP contribution in [-0.2, 0) is 9.53 Å². The maximum atomic E-state index is 13.1. The van der Waals surface area contributed by atoms with Crippen LogP contribution in [0.5, 0.6) is 0 Å². The Morgan fingerprint density at radius 2 is 1.92 bits per heavy atom. The van der Waals surface area contributed by atoms with E-state index < -0.39 is 0 Å². The fraction of sp³-hybridized carbons (Fsp3) is 0.400. The van der Waals surface area contributed by atoms with Gasteiger partial charge in [0.1, 0.15) is 5.76 Å². The number of carbonyl (C=O) groups excluding carboxylic acids is 2. The zero-order valence-corrected chi connectivity index (χ0v) is 14.8. The number of amides is 2. The molecule has 2 atom stereocenters. The molecule has 0 unspecified atom stereocenters. The smallest absolute Gasteiger partial charge is 0.289 e. The van der Waals surface area contributed by atoms with Gasteiger partial charge in [0.25, 0.3) is 5.91 Å². The number of benzene rings is 1. The molecule has 0 spiro atoms. The molecular weight excluding hydrogens is 332 g/mol. The van der Waals surface area contributed by atoms with E-state index in [2.05, 4.69) is 0 Å². The minimum absolute atomic E-state index is 0.0830. The number of para-hydroxylation sites is 1. The number of anilines is 1. The first-order valence-corrected chi connectivity index (χ1v) is 8.97. The van der Waals surface area contributed by atoms with E-state index in [0.717, 1.165) is 5.69 Å². The topological polar surface area (TPSA) is 63.0 Å². The highest BCUT2D eigenvalue weighted by molar-refractivity contribution is 5.96. The van der Waals surface area contributed by atoms with Crippen molar-refractivity contribution in [1.29, 1.82) is 0 Å². The van der Waals surface area contributed by atoms with E-state index in [4.69, 9.17) is 9.15 Å². The van der Waals surface area contributed by atoms with Crippen LogP contribution in [0.25, 0.3) is 0 Å². The molecule has 0 radical (unpaired) electrons. The lowest BCUT2D eigenvalue weighted by molar-refractivity contribution is -0.127. The summed E-state index contributed by atoms with van der Waals surface area (Å²) in [5, 5.41) is 0. The van der Waals surface area contributed by atoms with Gasteiger partial charge >= 0.3 is 0 Å². The third kappa shape index (κ3) is 3.12. The van der Waals surface area contributed by atoms with Gasteiger partial charge in [0, 0.05) is 25.3 Å². The van der Waals surface area contributed by atoms with Crippen molar-refractivity contribution in [2.45, 2.75) is 19.4 Å². The Hall–Kier alpha value is -2.60. The van der Waals surface area contributed by atoms with Crippen LogP contribution in [0.3, 0.4) is 0 Å². The fourth-order valence-electron chi connectivity index (χ4n) is 3.73. The molecule has 2 aromatic rings. The predicted molar refractivity (Wildman–Crippen MR) is 96.0 cm³/mol. The molecule has 0 saturated carbocycles. The van der Waals surface area contributed by atoms with Gasteiger partial charge in [-0.15, -0.1) is 0 Å². The molecule has 2 aliphatic rings. The first-order valence-electron chi connectivity index (χ1n) is 8.97. The molecule has 0 N–H and O–H groups in total. The van der Waals surface area contributed by atoms with E-state index in [9.17, 15) is 9.59 Å². The normalized spacial score (nSPS) is 23.5. The van der Waals surface area contributed by atoms with Gasteiger partial charge in [0.05, 0.1) is 18.6 Å². The van der Waals surface area contributed by atoms with Crippen LogP contribution in [0.2, 0.25) is 0 Å². The van der Waals surface area contributed by atoms with Crippen molar-refractivity contribution in [3.8, 4) is 0 Å². The van der Waals surface area contributed by atoms with Crippen molar-refractivity contribution in [2.75, 3.05) is 31.1 Å². The minimum atomic E-state index is -0.273. The van der Waals surface area contributed by atoms with Crippen LogP contribution in [0.1, 0.15) is 22.7 Å². The summed E-state index contributed by atoms with van der Waals surface area (Å²) in [7, 11) is 0. The molecule has 3 heterocycles. The summed E-state index contributed by atoms with van der Waals surface area (Å²) in [6.45, 7) is 3.74. The molecule has 0 aliphatic carbocycles. The van der Waals surface area contributed by atoms with Crippen molar-refractivity contribution < 1.29 is 18.7 Å². The van der Waals surface area contributed by atoms with Gasteiger partial charge in [0.2, 0.25) is 5.91 Å². The van der Waals surface area contributed by atoms with Crippen LogP contribution in [-0.4, -0.2) is 49.1 Å². The van der Waals surface area contributed by atoms with Crippen LogP contribution >= 0.6 is 0 Å². The molecule has 6 nitrogen and oxygen atoms in total. The van der Waals surface area contributed by atoms with Crippen LogP contribution < -0.4 is 4.90 Å². The number of fused-ring (bicyclic) bond motifs is 1. The summed E-state index contributed by atoms with van der Waals surface area (Å²) < 4.78 is 11.4. The number of carbonyl (C=O) groups is 2. The van der Waals surface area contributed by atoms with Crippen LogP contribution in [0, 0.1) is 12.8 Å². The van der Waals surface area contributed by atoms with Gasteiger partial charge in [-0.3, -0.25) is 9.59 Å². The average Bonchev–Trinajstić information content (AvgIpc) is 3.03. The van der Waals surface area contributed by atoms with Crippen molar-refractivity contribution in [1.82, 2.24) is 4.90 Å². The Morgan fingerprint density at radius 3 is 2.65 bits per heavy atom. The number of hydrogen-bond donors (Lipinski definition) is 0. The number of furan rings is 1. The number of piperidine rings is 1. The largest absolute Gasteiger partial charge is 0.456 e. The summed E-state index contributed by atoms with van der Waals surface area (Å²) in [6.07, 6.45) is 0.322. The highest BCUT2D eigenvalue weighted by Gasteiger charge is 2.41. The molecular formula is C20H22N2O4. The monoisotopic (exact) mass is 354 g/mol. The van der Waals surface area contributed by atoms with E-state index in [1.54, 1.807) is 21.9 Å². The van der Waals surface area contributed by atoms with Gasteiger partial charge in [-0.25, -0.2) is 0 Å². The summed E-state index contributed by atoms with van der Waals surface area (Å²) in [4.78, 5) is 29.2. The third-order valence-corrected chi connectivity index (χ3v) is 5.10. The summed E-state index contributed by atoms with van der Waals surface area (Å²) in [5.41, 5.74) is 0.895. The van der Waals surface area contributed by atoms with Crippen molar-refractivity contribution in [3.05, 3.63) is 54.0 Å². The van der Waals surface area contributed by atoms with E-state index in [1.165, 1.54) is 0 Å². The van der Waals surface area contributed by atoms with E-state index in [0.29, 0.717) is 44.2 Å². The van der Waals surface area contributed by atoms with Gasteiger partial charge in [0.15, 0.2) is 5.76 Å². The maximum absolute atomic E-state index is 13.1. The summed E-state index contributed by atoms with van der Waals surface area (Å²) >= 11 is 0. The standard InChI is InChI=1S/C20H22N2O4/c1-14-7-8-17(26-14)20(24)21-10-9-16-18(13-21)25-12-11-22(19(16)23)15-5-3-2-4-6-15/h2-8,16,18H,9-13H2,1H3/t16-,18+/m1/s1. The zero-order chi connectivity index (χ0) is 18.1. The van der Waals surface area contributed by atoms with E-state index >= 15 is 0 Å². The molecule has 2 fully saturated rings. The summed E-state index contributed by atoms with van der Waals surface area (Å²) in [5.74, 6) is 0.769. The van der Waals surface area contributed by atoms with Crippen LogP contribution in [0.15, 0.2) is 46.9 Å². The quantitative estimate of drug-likeness (QED) is 0.831. The van der Waals surface area contributed by atoms with Crippen LogP contribution in [0.4, 0.5) is 5.69 Å². The van der Waals surface area contributed by atoms with Gasteiger partial charge < -0.3 is 19.0 Å². The SMILES string of the molecule is Cc1ccc(C(=O)N2CC[C@H]3C(=O)N(c4ccccc4)CCO[C@H]3C2)o1. The predicted octanol–water partition coefficient (Wildman–Crippen LogP) is 2.48. The average molecular weight is 354 g/mol. The lowest BCUT2D eigenvalue weighted by atomic mass is 9.92. The number of nitrogens with zero attached hydrogens (tertiary/aromatic N) is 2. The molecule has 0 bridgehead atoms. The van der Waals surface area contributed by atoms with Crippen molar-refractivity contribution >= 4 is 17.5 Å². The zero-order valence-electron chi connectivity index (χ0n) is 14.8. The molecule has 2 aliphatic heterocycles. The van der Waals surface area contributed by atoms with Crippen molar-refractivity contribution in [3.63, 3.8) is 0 Å². The number of rotatable bonds is 2. The summed E-state index contributed by atoms with van der Waals surface area (Å²) in [6, 6.07) is 13.2. The molecule has 26 heavy (non-hydrogen) atoms. The molecule has 136 valence electrons. The molecule has 2 saturated heterocycles. The Morgan fingerprint density at radius 1 is 1.12 bits per heavy atom. The number of likely N-dealkylation sites (tertiary alicyclic amines) is 1. The Kier molecular flexibility index (Phi) is 4.51. The third-order valence-electron chi connectivity index (χ3n) is 5.10. The highest BCUT2D eigenvalue weighted by atomic mass is 16.5. The second kappa shape index (κ2) is 6.96. The van der Waals surface area contributed by atoms with Gasteiger partial charge in [-0.2, -0.15) is 0 Å². The number of ether oxygens (including phenoxy) is 1. The first-order chi connectivity index (χ1) is 12.6. The van der Waals surface area contributed by atoms with Crippen molar-refractivity contribution in [2.24, 2.45) is 5.92 Å². The molecule has 1 aromatic carbocycles. The fourth-order valence-corrected chi connectivity index (χ4v) is 3.73. The van der Waals surface area contributed by atoms with Gasteiger partial charge in [-0.05, 0) is 37.6 Å². The molecule has 2 amide bonds. The number of aryl methyl sites for hydroxylation is 1. The minimum Gasteiger partial charge on any atom is -0.456 e.